The molecule has 5 nitrogen and oxygen atoms in total. The summed E-state index contributed by atoms with van der Waals surface area (Å²) in [5.41, 5.74) is 0. The molecule has 5 heteroatoms. The van der Waals surface area contributed by atoms with E-state index in [0.29, 0.717) is 19.5 Å². The Morgan fingerprint density at radius 1 is 1.05 bits per heavy atom. The standard InChI is InChI=1S/C15H22N2O3/c1-10-7-16(8-11(2)20-10)9-17-14(18)12-5-3-4-6-13(12)15(17)19/h3-4,10-13H,5-9H2,1-2H3/t10-,11-,12-,13+/m1/s1. The molecule has 2 heterocycles. The van der Waals surface area contributed by atoms with Gasteiger partial charge in [0.05, 0.1) is 30.7 Å². The second-order valence-corrected chi connectivity index (χ2v) is 6.20. The van der Waals surface area contributed by atoms with Gasteiger partial charge in [0.1, 0.15) is 0 Å². The Morgan fingerprint density at radius 2 is 1.55 bits per heavy atom. The number of nitrogens with zero attached hydrogens (tertiary/aromatic N) is 2. The van der Waals surface area contributed by atoms with Gasteiger partial charge in [-0.3, -0.25) is 19.4 Å². The van der Waals surface area contributed by atoms with E-state index in [1.807, 2.05) is 26.0 Å². The summed E-state index contributed by atoms with van der Waals surface area (Å²) in [5, 5.41) is 0. The number of imide groups is 1. The van der Waals surface area contributed by atoms with E-state index in [9.17, 15) is 9.59 Å². The third-order valence-corrected chi connectivity index (χ3v) is 4.44. The third-order valence-electron chi connectivity index (χ3n) is 4.44. The Labute approximate surface area is 119 Å². The van der Waals surface area contributed by atoms with E-state index in [1.54, 1.807) is 0 Å². The van der Waals surface area contributed by atoms with Crippen molar-refractivity contribution in [3.63, 3.8) is 0 Å². The topological polar surface area (TPSA) is 49.9 Å². The lowest BCUT2D eigenvalue weighted by Crippen LogP contribution is -2.51. The second-order valence-electron chi connectivity index (χ2n) is 6.20. The Kier molecular flexibility index (Phi) is 3.65. The zero-order valence-corrected chi connectivity index (χ0v) is 12.1. The van der Waals surface area contributed by atoms with Gasteiger partial charge in [-0.05, 0) is 26.7 Å². The molecule has 2 amide bonds. The summed E-state index contributed by atoms with van der Waals surface area (Å²) in [6.45, 7) is 6.02. The number of carbonyl (C=O) groups excluding carboxylic acids is 2. The number of hydrogen-bond donors (Lipinski definition) is 0. The smallest absolute Gasteiger partial charge is 0.234 e. The van der Waals surface area contributed by atoms with Crippen molar-refractivity contribution in [2.45, 2.75) is 38.9 Å². The van der Waals surface area contributed by atoms with Gasteiger partial charge in [0.15, 0.2) is 0 Å². The predicted molar refractivity (Wildman–Crippen MR) is 73.7 cm³/mol. The Balaban J connectivity index is 1.68. The van der Waals surface area contributed by atoms with E-state index in [4.69, 9.17) is 4.74 Å². The van der Waals surface area contributed by atoms with Crippen LogP contribution in [0, 0.1) is 11.8 Å². The van der Waals surface area contributed by atoms with E-state index in [1.165, 1.54) is 4.90 Å². The first-order valence-electron chi connectivity index (χ1n) is 7.44. The number of hydrogen-bond acceptors (Lipinski definition) is 4. The molecule has 0 bridgehead atoms. The normalized spacial score (nSPS) is 38.4. The van der Waals surface area contributed by atoms with Crippen molar-refractivity contribution in [2.24, 2.45) is 11.8 Å². The molecule has 0 N–H and O–H groups in total. The van der Waals surface area contributed by atoms with Crippen LogP contribution < -0.4 is 0 Å². The minimum Gasteiger partial charge on any atom is -0.373 e. The molecule has 0 unspecified atom stereocenters. The average molecular weight is 278 g/mol. The SMILES string of the molecule is C[C@@H]1CN(CN2C(=O)[C@H]3CC=CC[C@H]3C2=O)C[C@@H](C)O1. The van der Waals surface area contributed by atoms with E-state index in [2.05, 4.69) is 4.90 Å². The van der Waals surface area contributed by atoms with Crippen LogP contribution in [0.5, 0.6) is 0 Å². The summed E-state index contributed by atoms with van der Waals surface area (Å²) in [6, 6.07) is 0. The number of allylic oxidation sites excluding steroid dienone is 2. The van der Waals surface area contributed by atoms with Crippen molar-refractivity contribution in [1.29, 1.82) is 0 Å². The van der Waals surface area contributed by atoms with Crippen LogP contribution in [-0.2, 0) is 14.3 Å². The van der Waals surface area contributed by atoms with Crippen molar-refractivity contribution < 1.29 is 14.3 Å². The lowest BCUT2D eigenvalue weighted by atomic mass is 9.85. The van der Waals surface area contributed by atoms with E-state index in [-0.39, 0.29) is 35.9 Å². The summed E-state index contributed by atoms with van der Waals surface area (Å²) in [5.74, 6) is -0.223. The molecule has 0 aromatic heterocycles. The summed E-state index contributed by atoms with van der Waals surface area (Å²) in [7, 11) is 0. The summed E-state index contributed by atoms with van der Waals surface area (Å²) < 4.78 is 5.69. The van der Waals surface area contributed by atoms with Crippen LogP contribution in [0.25, 0.3) is 0 Å². The number of morpholine rings is 1. The maximum atomic E-state index is 12.4. The fourth-order valence-electron chi connectivity index (χ4n) is 3.61. The highest BCUT2D eigenvalue weighted by Crippen LogP contribution is 2.35. The number of carbonyl (C=O) groups is 2. The Bertz CT molecular complexity index is 412. The van der Waals surface area contributed by atoms with Gasteiger partial charge in [-0.25, -0.2) is 0 Å². The van der Waals surface area contributed by atoms with Crippen LogP contribution in [0.4, 0.5) is 0 Å². The van der Waals surface area contributed by atoms with Crippen LogP contribution in [0.2, 0.25) is 0 Å². The number of ether oxygens (including phenoxy) is 1. The molecule has 110 valence electrons. The molecule has 3 rings (SSSR count). The summed E-state index contributed by atoms with van der Waals surface area (Å²) >= 11 is 0. The molecule has 1 aliphatic carbocycles. The predicted octanol–water partition coefficient (Wildman–Crippen LogP) is 1.00. The van der Waals surface area contributed by atoms with Gasteiger partial charge in [0.2, 0.25) is 11.8 Å². The van der Waals surface area contributed by atoms with E-state index >= 15 is 0 Å². The first-order chi connectivity index (χ1) is 9.56. The van der Waals surface area contributed by atoms with Crippen molar-refractivity contribution in [3.05, 3.63) is 12.2 Å². The monoisotopic (exact) mass is 278 g/mol. The maximum Gasteiger partial charge on any atom is 0.234 e. The van der Waals surface area contributed by atoms with Gasteiger partial charge >= 0.3 is 0 Å². The minimum absolute atomic E-state index is 0.0103. The van der Waals surface area contributed by atoms with Crippen LogP contribution in [0.1, 0.15) is 26.7 Å². The Hall–Kier alpha value is -1.20. The molecule has 0 aromatic carbocycles. The van der Waals surface area contributed by atoms with Crippen molar-refractivity contribution in [1.82, 2.24) is 9.80 Å². The van der Waals surface area contributed by atoms with Gasteiger partial charge in [0.25, 0.3) is 0 Å². The zero-order valence-electron chi connectivity index (χ0n) is 12.1. The molecule has 2 saturated heterocycles. The molecule has 0 saturated carbocycles. The first-order valence-corrected chi connectivity index (χ1v) is 7.44. The van der Waals surface area contributed by atoms with Gasteiger partial charge in [-0.1, -0.05) is 12.2 Å². The summed E-state index contributed by atoms with van der Waals surface area (Å²) in [6.07, 6.45) is 5.76. The molecular weight excluding hydrogens is 256 g/mol. The molecule has 0 radical (unpaired) electrons. The maximum absolute atomic E-state index is 12.4. The van der Waals surface area contributed by atoms with Crippen molar-refractivity contribution >= 4 is 11.8 Å². The zero-order chi connectivity index (χ0) is 14.3. The lowest BCUT2D eigenvalue weighted by molar-refractivity contribution is -0.146. The first kappa shape index (κ1) is 13.8. The number of likely N-dealkylation sites (tertiary alicyclic amines) is 1. The largest absolute Gasteiger partial charge is 0.373 e. The van der Waals surface area contributed by atoms with E-state index < -0.39 is 0 Å². The van der Waals surface area contributed by atoms with Crippen LogP contribution in [-0.4, -0.2) is 53.6 Å². The van der Waals surface area contributed by atoms with E-state index in [0.717, 1.165) is 13.1 Å². The van der Waals surface area contributed by atoms with Crippen molar-refractivity contribution in [2.75, 3.05) is 19.8 Å². The molecule has 3 aliphatic rings. The van der Waals surface area contributed by atoms with Crippen molar-refractivity contribution in [3.8, 4) is 0 Å². The molecular formula is C15H22N2O3. The highest BCUT2D eigenvalue weighted by atomic mass is 16.5. The Morgan fingerprint density at radius 3 is 2.05 bits per heavy atom. The van der Waals surface area contributed by atoms with Crippen LogP contribution in [0.3, 0.4) is 0 Å². The highest BCUT2D eigenvalue weighted by molar-refractivity contribution is 6.05. The summed E-state index contributed by atoms with van der Waals surface area (Å²) in [4.78, 5) is 28.4. The minimum atomic E-state index is -0.122. The number of amides is 2. The number of rotatable bonds is 2. The fraction of sp³-hybridized carbons (Fsp3) is 0.733. The van der Waals surface area contributed by atoms with Gasteiger partial charge in [-0.2, -0.15) is 0 Å². The molecule has 0 aromatic rings. The molecule has 2 aliphatic heterocycles. The second kappa shape index (κ2) is 5.30. The molecule has 0 spiro atoms. The van der Waals surface area contributed by atoms with Crippen LogP contribution in [0.15, 0.2) is 12.2 Å². The third kappa shape index (κ3) is 2.40. The van der Waals surface area contributed by atoms with Gasteiger partial charge in [0, 0.05) is 13.1 Å². The lowest BCUT2D eigenvalue weighted by Gasteiger charge is -2.36. The quantitative estimate of drug-likeness (QED) is 0.558. The fourth-order valence-corrected chi connectivity index (χ4v) is 3.61. The number of fused-ring (bicyclic) bond motifs is 1. The van der Waals surface area contributed by atoms with Crippen LogP contribution >= 0.6 is 0 Å². The average Bonchev–Trinajstić information content (AvgIpc) is 2.64. The van der Waals surface area contributed by atoms with Gasteiger partial charge < -0.3 is 4.74 Å². The molecule has 2 fully saturated rings. The molecule has 20 heavy (non-hydrogen) atoms. The highest BCUT2D eigenvalue weighted by Gasteiger charge is 2.47. The van der Waals surface area contributed by atoms with Gasteiger partial charge in [-0.15, -0.1) is 0 Å². The molecule has 4 atom stereocenters.